The second kappa shape index (κ2) is 6.29. The van der Waals surface area contributed by atoms with Crippen LogP contribution in [-0.2, 0) is 9.59 Å². The largest absolute Gasteiger partial charge is 0.481 e. The van der Waals surface area contributed by atoms with Crippen LogP contribution in [0.4, 0.5) is 0 Å². The number of quaternary nitrogens is 1. The first-order valence-corrected chi connectivity index (χ1v) is 6.24. The van der Waals surface area contributed by atoms with Crippen molar-refractivity contribution in [2.75, 3.05) is 27.7 Å². The zero-order valence-electron chi connectivity index (χ0n) is 12.1. The third-order valence-corrected chi connectivity index (χ3v) is 2.65. The summed E-state index contributed by atoms with van der Waals surface area (Å²) in [6.45, 7) is 4.09. The Bertz CT molecular complexity index is 307. The van der Waals surface area contributed by atoms with E-state index in [2.05, 4.69) is 0 Å². The Balaban J connectivity index is 4.85. The van der Waals surface area contributed by atoms with Crippen molar-refractivity contribution in [2.24, 2.45) is 5.92 Å². The highest BCUT2D eigenvalue weighted by molar-refractivity contribution is 5.91. The van der Waals surface area contributed by atoms with Crippen molar-refractivity contribution in [1.82, 2.24) is 0 Å². The maximum Gasteiger partial charge on any atom is 0.306 e. The van der Waals surface area contributed by atoms with Gasteiger partial charge in [-0.15, -0.1) is 0 Å². The highest BCUT2D eigenvalue weighted by atomic mass is 16.4. The molecular weight excluding hydrogens is 234 g/mol. The summed E-state index contributed by atoms with van der Waals surface area (Å²) in [6.07, 6.45) is 0.360. The maximum absolute atomic E-state index is 12.1. The van der Waals surface area contributed by atoms with E-state index in [0.29, 0.717) is 16.8 Å². The van der Waals surface area contributed by atoms with Gasteiger partial charge in [0.2, 0.25) is 0 Å². The molecule has 0 spiro atoms. The van der Waals surface area contributed by atoms with Crippen molar-refractivity contribution in [3.63, 3.8) is 0 Å². The highest BCUT2D eigenvalue weighted by Crippen LogP contribution is 2.20. The second-order valence-electron chi connectivity index (χ2n) is 6.41. The van der Waals surface area contributed by atoms with E-state index in [1.165, 1.54) is 0 Å². The first-order chi connectivity index (χ1) is 7.96. The molecule has 2 N–H and O–H groups in total. The molecule has 0 heterocycles. The standard InChI is InChI=1S/C13H25NO4/c1-10(2)6-7-11(15)13(18,8-12(16)17)9-14(3,4)5/h10,18H,6-9H2,1-5H3/p+1. The minimum absolute atomic E-state index is 0.107. The number of Topliss-reactive ketones (excluding diaryl/α,β-unsaturated/α-hetero) is 1. The van der Waals surface area contributed by atoms with E-state index in [-0.39, 0.29) is 18.7 Å². The average Bonchev–Trinajstić information content (AvgIpc) is 2.09. The lowest BCUT2D eigenvalue weighted by atomic mass is 9.89. The van der Waals surface area contributed by atoms with Gasteiger partial charge in [0.05, 0.1) is 27.6 Å². The molecule has 0 aliphatic carbocycles. The average molecular weight is 260 g/mol. The van der Waals surface area contributed by atoms with E-state index in [1.807, 2.05) is 35.0 Å². The fraction of sp³-hybridized carbons (Fsp3) is 0.846. The molecule has 0 fully saturated rings. The van der Waals surface area contributed by atoms with Crippen LogP contribution in [-0.4, -0.2) is 59.7 Å². The molecule has 0 rings (SSSR count). The van der Waals surface area contributed by atoms with Crippen LogP contribution < -0.4 is 0 Å². The lowest BCUT2D eigenvalue weighted by molar-refractivity contribution is -0.875. The van der Waals surface area contributed by atoms with E-state index in [0.717, 1.165) is 0 Å². The molecule has 18 heavy (non-hydrogen) atoms. The van der Waals surface area contributed by atoms with Gasteiger partial charge in [-0.2, -0.15) is 0 Å². The molecule has 5 nitrogen and oxygen atoms in total. The van der Waals surface area contributed by atoms with E-state index in [4.69, 9.17) is 5.11 Å². The quantitative estimate of drug-likeness (QED) is 0.636. The van der Waals surface area contributed by atoms with Crippen LogP contribution in [0.5, 0.6) is 0 Å². The Morgan fingerprint density at radius 1 is 1.22 bits per heavy atom. The monoisotopic (exact) mass is 260 g/mol. The smallest absolute Gasteiger partial charge is 0.306 e. The second-order valence-corrected chi connectivity index (χ2v) is 6.41. The van der Waals surface area contributed by atoms with E-state index in [1.54, 1.807) is 0 Å². The molecule has 0 saturated heterocycles. The van der Waals surface area contributed by atoms with Gasteiger partial charge < -0.3 is 14.7 Å². The van der Waals surface area contributed by atoms with Gasteiger partial charge in [0.25, 0.3) is 0 Å². The fourth-order valence-electron chi connectivity index (χ4n) is 1.93. The molecule has 0 aromatic carbocycles. The number of carbonyl (C=O) groups excluding carboxylic acids is 1. The molecule has 0 radical (unpaired) electrons. The van der Waals surface area contributed by atoms with Crippen molar-refractivity contribution in [3.8, 4) is 0 Å². The minimum atomic E-state index is -1.76. The number of aliphatic hydroxyl groups is 1. The number of rotatable bonds is 8. The van der Waals surface area contributed by atoms with Crippen molar-refractivity contribution in [3.05, 3.63) is 0 Å². The summed E-state index contributed by atoms with van der Waals surface area (Å²) >= 11 is 0. The highest BCUT2D eigenvalue weighted by Gasteiger charge is 2.42. The number of likely N-dealkylation sites (N-methyl/N-ethyl adjacent to an activating group) is 1. The topological polar surface area (TPSA) is 74.6 Å². The summed E-state index contributed by atoms with van der Waals surface area (Å²) in [7, 11) is 5.47. The molecule has 106 valence electrons. The fourth-order valence-corrected chi connectivity index (χ4v) is 1.93. The zero-order chi connectivity index (χ0) is 14.6. The van der Waals surface area contributed by atoms with Crippen LogP contribution in [0.3, 0.4) is 0 Å². The van der Waals surface area contributed by atoms with Gasteiger partial charge in [-0.1, -0.05) is 13.8 Å². The van der Waals surface area contributed by atoms with Crippen molar-refractivity contribution in [1.29, 1.82) is 0 Å². The molecule has 0 bridgehead atoms. The zero-order valence-corrected chi connectivity index (χ0v) is 12.1. The summed E-state index contributed by atoms with van der Waals surface area (Å²) in [5.41, 5.74) is -1.76. The molecule has 5 heteroatoms. The minimum Gasteiger partial charge on any atom is -0.481 e. The number of carboxylic acids is 1. The summed E-state index contributed by atoms with van der Waals surface area (Å²) < 4.78 is 0.344. The predicted octanol–water partition coefficient (Wildman–Crippen LogP) is 0.904. The van der Waals surface area contributed by atoms with Crippen LogP contribution in [0, 0.1) is 5.92 Å². The molecular formula is C13H26NO4+. The lowest BCUT2D eigenvalue weighted by Gasteiger charge is -2.33. The summed E-state index contributed by atoms with van der Waals surface area (Å²) in [6, 6.07) is 0. The number of hydrogen-bond donors (Lipinski definition) is 2. The number of hydrogen-bond acceptors (Lipinski definition) is 3. The molecule has 0 aromatic rings. The van der Waals surface area contributed by atoms with Gasteiger partial charge in [0, 0.05) is 6.42 Å². The summed E-state index contributed by atoms with van der Waals surface area (Å²) in [5, 5.41) is 19.2. The van der Waals surface area contributed by atoms with Crippen LogP contribution in [0.2, 0.25) is 0 Å². The number of aliphatic carboxylic acids is 1. The normalized spacial score (nSPS) is 15.5. The number of carboxylic acid groups (broad SMARTS) is 1. The Hall–Kier alpha value is -0.940. The predicted molar refractivity (Wildman–Crippen MR) is 69.2 cm³/mol. The van der Waals surface area contributed by atoms with Crippen molar-refractivity contribution >= 4 is 11.8 Å². The molecule has 1 atom stereocenters. The van der Waals surface area contributed by atoms with E-state index < -0.39 is 18.0 Å². The van der Waals surface area contributed by atoms with Gasteiger partial charge >= 0.3 is 5.97 Å². The van der Waals surface area contributed by atoms with Crippen LogP contribution in [0.1, 0.15) is 33.1 Å². The maximum atomic E-state index is 12.1. The van der Waals surface area contributed by atoms with Crippen LogP contribution >= 0.6 is 0 Å². The Morgan fingerprint density at radius 3 is 2.06 bits per heavy atom. The third-order valence-electron chi connectivity index (χ3n) is 2.65. The molecule has 0 saturated carbocycles. The van der Waals surface area contributed by atoms with Gasteiger partial charge in [-0.25, -0.2) is 0 Å². The van der Waals surface area contributed by atoms with Gasteiger partial charge in [0.1, 0.15) is 6.54 Å². The molecule has 0 aliphatic rings. The molecule has 0 amide bonds. The molecule has 1 unspecified atom stereocenters. The third kappa shape index (κ3) is 6.71. The molecule has 0 aromatic heterocycles. The first kappa shape index (κ1) is 17.1. The van der Waals surface area contributed by atoms with E-state index in [9.17, 15) is 14.7 Å². The Kier molecular flexibility index (Phi) is 5.96. The lowest BCUT2D eigenvalue weighted by Crippen LogP contribution is -2.54. The first-order valence-electron chi connectivity index (χ1n) is 6.24. The Labute approximate surface area is 109 Å². The van der Waals surface area contributed by atoms with Gasteiger partial charge in [-0.05, 0) is 12.3 Å². The van der Waals surface area contributed by atoms with Crippen molar-refractivity contribution in [2.45, 2.75) is 38.7 Å². The Morgan fingerprint density at radius 2 is 1.72 bits per heavy atom. The number of ketones is 1. The summed E-state index contributed by atoms with van der Waals surface area (Å²) in [4.78, 5) is 22.9. The van der Waals surface area contributed by atoms with Crippen LogP contribution in [0.15, 0.2) is 0 Å². The van der Waals surface area contributed by atoms with Crippen molar-refractivity contribution < 1.29 is 24.3 Å². The van der Waals surface area contributed by atoms with Crippen LogP contribution in [0.25, 0.3) is 0 Å². The number of carbonyl (C=O) groups is 2. The van der Waals surface area contributed by atoms with Gasteiger partial charge in [0.15, 0.2) is 11.4 Å². The van der Waals surface area contributed by atoms with E-state index >= 15 is 0 Å². The molecule has 0 aliphatic heterocycles. The van der Waals surface area contributed by atoms with Gasteiger partial charge in [-0.3, -0.25) is 9.59 Å². The SMILES string of the molecule is CC(C)CCC(=O)C(O)(CC(=O)O)C[N+](C)(C)C. The number of nitrogens with zero attached hydrogens (tertiary/aromatic N) is 1. The summed E-state index contributed by atoms with van der Waals surface area (Å²) in [5.74, 6) is -1.16.